The first-order valence-electron chi connectivity index (χ1n) is 7.95. The predicted octanol–water partition coefficient (Wildman–Crippen LogP) is 1.70. The smallest absolute Gasteiger partial charge is 0.200 e. The zero-order valence-electron chi connectivity index (χ0n) is 14.3. The summed E-state index contributed by atoms with van der Waals surface area (Å²) in [5, 5.41) is 13.3. The van der Waals surface area contributed by atoms with Crippen molar-refractivity contribution in [2.75, 3.05) is 0 Å². The van der Waals surface area contributed by atoms with Gasteiger partial charge < -0.3 is 0 Å². The average Bonchev–Trinajstić information content (AvgIpc) is 3.28. The lowest BCUT2D eigenvalue weighted by Gasteiger charge is -2.02. The Balaban J connectivity index is 1.80. The van der Waals surface area contributed by atoms with E-state index in [0.29, 0.717) is 12.2 Å². The van der Waals surface area contributed by atoms with E-state index in [-0.39, 0.29) is 0 Å². The highest BCUT2D eigenvalue weighted by Gasteiger charge is 2.17. The van der Waals surface area contributed by atoms with Crippen LogP contribution in [0.3, 0.4) is 0 Å². The number of rotatable bonds is 4. The van der Waals surface area contributed by atoms with Gasteiger partial charge in [0.05, 0.1) is 18.1 Å². The largest absolute Gasteiger partial charge is 0.275 e. The van der Waals surface area contributed by atoms with Crippen molar-refractivity contribution < 1.29 is 0 Å². The zero-order chi connectivity index (χ0) is 17.4. The van der Waals surface area contributed by atoms with Gasteiger partial charge in [0.25, 0.3) is 0 Å². The highest BCUT2D eigenvalue weighted by molar-refractivity contribution is 5.49. The lowest BCUT2D eigenvalue weighted by molar-refractivity contribution is 0.756. The van der Waals surface area contributed by atoms with E-state index in [1.165, 1.54) is 0 Å². The van der Waals surface area contributed by atoms with Gasteiger partial charge >= 0.3 is 0 Å². The molecule has 4 rings (SSSR count). The van der Waals surface area contributed by atoms with Gasteiger partial charge in [-0.3, -0.25) is 14.3 Å². The minimum Gasteiger partial charge on any atom is -0.275 e. The Morgan fingerprint density at radius 1 is 1.04 bits per heavy atom. The highest BCUT2D eigenvalue weighted by Crippen LogP contribution is 2.19. The molecule has 4 aromatic rings. The van der Waals surface area contributed by atoms with Gasteiger partial charge in [-0.05, 0) is 19.1 Å². The lowest BCUT2D eigenvalue weighted by atomic mass is 10.2. The number of aryl methyl sites for hydroxylation is 3. The van der Waals surface area contributed by atoms with E-state index in [1.807, 2.05) is 61.0 Å². The fourth-order valence-electron chi connectivity index (χ4n) is 2.78. The molecule has 0 aliphatic rings. The third kappa shape index (κ3) is 2.93. The molecule has 0 aliphatic carbocycles. The minimum absolute atomic E-state index is 0.598. The summed E-state index contributed by atoms with van der Waals surface area (Å²) in [7, 11) is 3.80. The van der Waals surface area contributed by atoms with Gasteiger partial charge in [0.1, 0.15) is 17.2 Å². The standard InChI is InChI=1S/C17H18N8/c1-12-13(10-24(3)21-12)8-16-20-17(15-6-4-5-7-18-15)22-25(16)14-9-19-23(2)11-14/h4-7,9-11H,8H2,1-3H3. The second kappa shape index (κ2) is 5.97. The van der Waals surface area contributed by atoms with Gasteiger partial charge in [-0.15, -0.1) is 5.10 Å². The molecule has 4 heterocycles. The molecule has 0 bridgehead atoms. The van der Waals surface area contributed by atoms with Crippen molar-refractivity contribution >= 4 is 0 Å². The van der Waals surface area contributed by atoms with Crippen LogP contribution in [0.25, 0.3) is 17.2 Å². The Hall–Kier alpha value is -3.29. The lowest BCUT2D eigenvalue weighted by Crippen LogP contribution is -2.03. The summed E-state index contributed by atoms with van der Waals surface area (Å²) in [6.07, 6.45) is 8.07. The van der Waals surface area contributed by atoms with Crippen LogP contribution in [0.15, 0.2) is 43.0 Å². The van der Waals surface area contributed by atoms with E-state index in [9.17, 15) is 0 Å². The van der Waals surface area contributed by atoms with Gasteiger partial charge in [-0.1, -0.05) is 6.07 Å². The number of hydrogen-bond donors (Lipinski definition) is 0. The molecule has 8 nitrogen and oxygen atoms in total. The molecule has 0 aliphatic heterocycles. The molecule has 126 valence electrons. The van der Waals surface area contributed by atoms with Crippen LogP contribution < -0.4 is 0 Å². The van der Waals surface area contributed by atoms with Crippen molar-refractivity contribution in [1.82, 2.24) is 39.3 Å². The molecule has 0 radical (unpaired) electrons. The topological polar surface area (TPSA) is 79.2 Å². The normalized spacial score (nSPS) is 11.2. The van der Waals surface area contributed by atoms with Gasteiger partial charge in [0, 0.05) is 38.5 Å². The van der Waals surface area contributed by atoms with Crippen LogP contribution in [0.2, 0.25) is 0 Å². The van der Waals surface area contributed by atoms with E-state index in [0.717, 1.165) is 28.5 Å². The van der Waals surface area contributed by atoms with Crippen LogP contribution in [0, 0.1) is 6.92 Å². The van der Waals surface area contributed by atoms with Crippen molar-refractivity contribution in [2.24, 2.45) is 14.1 Å². The quantitative estimate of drug-likeness (QED) is 0.567. The van der Waals surface area contributed by atoms with E-state index in [2.05, 4.69) is 20.3 Å². The minimum atomic E-state index is 0.598. The first-order chi connectivity index (χ1) is 12.1. The maximum absolute atomic E-state index is 4.73. The Kier molecular flexibility index (Phi) is 3.64. The van der Waals surface area contributed by atoms with E-state index in [4.69, 9.17) is 4.98 Å². The van der Waals surface area contributed by atoms with Crippen molar-refractivity contribution in [2.45, 2.75) is 13.3 Å². The molecule has 0 spiro atoms. The van der Waals surface area contributed by atoms with E-state index >= 15 is 0 Å². The number of nitrogens with zero attached hydrogens (tertiary/aromatic N) is 8. The van der Waals surface area contributed by atoms with Crippen LogP contribution in [-0.4, -0.2) is 39.3 Å². The van der Waals surface area contributed by atoms with E-state index < -0.39 is 0 Å². The van der Waals surface area contributed by atoms with Crippen LogP contribution in [-0.2, 0) is 20.5 Å². The SMILES string of the molecule is Cc1nn(C)cc1Cc1nc(-c2ccccn2)nn1-c1cnn(C)c1. The fraction of sp³-hybridized carbons (Fsp3) is 0.235. The molecule has 0 atom stereocenters. The molecule has 0 unspecified atom stereocenters. The van der Waals surface area contributed by atoms with Crippen molar-refractivity contribution in [3.05, 3.63) is 60.1 Å². The van der Waals surface area contributed by atoms with Crippen molar-refractivity contribution in [3.63, 3.8) is 0 Å². The zero-order valence-corrected chi connectivity index (χ0v) is 14.3. The molecule has 0 fully saturated rings. The molecule has 0 N–H and O–H groups in total. The summed E-state index contributed by atoms with van der Waals surface area (Å²) in [6.45, 7) is 2.00. The summed E-state index contributed by atoms with van der Waals surface area (Å²) in [4.78, 5) is 9.08. The van der Waals surface area contributed by atoms with Gasteiger partial charge in [-0.25, -0.2) is 9.67 Å². The second-order valence-electron chi connectivity index (χ2n) is 5.94. The van der Waals surface area contributed by atoms with Gasteiger partial charge in [0.2, 0.25) is 0 Å². The van der Waals surface area contributed by atoms with Gasteiger partial charge in [0.15, 0.2) is 5.82 Å². The van der Waals surface area contributed by atoms with Crippen molar-refractivity contribution in [3.8, 4) is 17.2 Å². The second-order valence-corrected chi connectivity index (χ2v) is 5.94. The third-order valence-corrected chi connectivity index (χ3v) is 3.97. The summed E-state index contributed by atoms with van der Waals surface area (Å²) in [5.41, 5.74) is 3.72. The maximum atomic E-state index is 4.73. The average molecular weight is 334 g/mol. The summed E-state index contributed by atoms with van der Waals surface area (Å²) >= 11 is 0. The van der Waals surface area contributed by atoms with Gasteiger partial charge in [-0.2, -0.15) is 10.2 Å². The Bertz CT molecular complexity index is 1010. The van der Waals surface area contributed by atoms with Crippen LogP contribution in [0.1, 0.15) is 17.1 Å². The Morgan fingerprint density at radius 2 is 1.92 bits per heavy atom. The molecule has 8 heteroatoms. The molecule has 0 saturated carbocycles. The maximum Gasteiger partial charge on any atom is 0.200 e. The third-order valence-electron chi connectivity index (χ3n) is 3.97. The fourth-order valence-corrected chi connectivity index (χ4v) is 2.78. The molecule has 0 saturated heterocycles. The van der Waals surface area contributed by atoms with Crippen LogP contribution >= 0.6 is 0 Å². The first kappa shape index (κ1) is 15.3. The molecule has 0 aromatic carbocycles. The first-order valence-corrected chi connectivity index (χ1v) is 7.95. The Morgan fingerprint density at radius 3 is 2.56 bits per heavy atom. The predicted molar refractivity (Wildman–Crippen MR) is 92.1 cm³/mol. The summed E-state index contributed by atoms with van der Waals surface area (Å²) in [5.74, 6) is 1.42. The van der Waals surface area contributed by atoms with Crippen LogP contribution in [0.4, 0.5) is 0 Å². The number of hydrogen-bond acceptors (Lipinski definition) is 5. The summed E-state index contributed by atoms with van der Waals surface area (Å²) < 4.78 is 5.38. The Labute approximate surface area is 144 Å². The number of pyridine rings is 1. The van der Waals surface area contributed by atoms with Crippen molar-refractivity contribution in [1.29, 1.82) is 0 Å². The van der Waals surface area contributed by atoms with E-state index in [1.54, 1.807) is 17.1 Å². The molecular formula is C17H18N8. The van der Waals surface area contributed by atoms with Crippen LogP contribution in [0.5, 0.6) is 0 Å². The molecule has 0 amide bonds. The highest BCUT2D eigenvalue weighted by atomic mass is 15.4. The summed E-state index contributed by atoms with van der Waals surface area (Å²) in [6, 6.07) is 5.71. The monoisotopic (exact) mass is 334 g/mol. The molecule has 25 heavy (non-hydrogen) atoms. The molecular weight excluding hydrogens is 316 g/mol. The molecule has 4 aromatic heterocycles. The number of aromatic nitrogens is 8.